The summed E-state index contributed by atoms with van der Waals surface area (Å²) in [5.41, 5.74) is -0.145. The third kappa shape index (κ3) is 6.38. The van der Waals surface area contributed by atoms with Crippen LogP contribution in [0.25, 0.3) is 11.4 Å². The number of amides is 1. The Bertz CT molecular complexity index is 1120. The number of halogens is 4. The number of carbonyl (C=O) groups is 1. The van der Waals surface area contributed by atoms with E-state index in [-0.39, 0.29) is 16.6 Å². The molecule has 176 valence electrons. The van der Waals surface area contributed by atoms with E-state index < -0.39 is 17.6 Å². The lowest BCUT2D eigenvalue weighted by Gasteiger charge is -2.13. The van der Waals surface area contributed by atoms with Crippen LogP contribution in [0.15, 0.2) is 41.7 Å². The first-order chi connectivity index (χ1) is 15.6. The lowest BCUT2D eigenvalue weighted by Crippen LogP contribution is -2.17. The molecule has 0 atom stereocenters. The van der Waals surface area contributed by atoms with Gasteiger partial charge in [0.25, 0.3) is 0 Å². The van der Waals surface area contributed by atoms with Crippen LogP contribution in [0.2, 0.25) is 5.02 Å². The Kier molecular flexibility index (Phi) is 7.85. The lowest BCUT2D eigenvalue weighted by atomic mass is 10.2. The Morgan fingerprint density at radius 2 is 1.94 bits per heavy atom. The van der Waals surface area contributed by atoms with E-state index in [9.17, 15) is 18.0 Å². The number of carbonyl (C=O) groups excluding carboxylic acids is 1. The second kappa shape index (κ2) is 10.4. The summed E-state index contributed by atoms with van der Waals surface area (Å²) >= 11 is 7.01. The summed E-state index contributed by atoms with van der Waals surface area (Å²) in [6, 6.07) is 8.12. The molecule has 12 heteroatoms. The average molecular weight is 500 g/mol. The van der Waals surface area contributed by atoms with E-state index >= 15 is 0 Å². The van der Waals surface area contributed by atoms with E-state index in [0.29, 0.717) is 29.6 Å². The van der Waals surface area contributed by atoms with Gasteiger partial charge in [-0.05, 0) is 36.2 Å². The summed E-state index contributed by atoms with van der Waals surface area (Å²) in [4.78, 5) is 16.0. The van der Waals surface area contributed by atoms with Gasteiger partial charge in [-0.15, -0.1) is 10.2 Å². The van der Waals surface area contributed by atoms with Crippen LogP contribution >= 0.6 is 23.4 Å². The lowest BCUT2D eigenvalue weighted by molar-refractivity contribution is -0.137. The van der Waals surface area contributed by atoms with Gasteiger partial charge in [-0.1, -0.05) is 37.2 Å². The Morgan fingerprint density at radius 3 is 2.52 bits per heavy atom. The fourth-order valence-corrected chi connectivity index (χ4v) is 3.82. The molecule has 1 amide bonds. The molecule has 3 rings (SSSR count). The quantitative estimate of drug-likeness (QED) is 0.417. The number of thioether (sulfide) groups is 1. The van der Waals surface area contributed by atoms with Gasteiger partial charge >= 0.3 is 6.18 Å². The number of benzene rings is 1. The Hall–Kier alpha value is -2.79. The second-order valence-electron chi connectivity index (χ2n) is 7.43. The highest BCUT2D eigenvalue weighted by Gasteiger charge is 2.31. The number of nitrogens with one attached hydrogen (secondary N) is 1. The monoisotopic (exact) mass is 499 g/mol. The van der Waals surface area contributed by atoms with Crippen LogP contribution < -0.4 is 10.1 Å². The molecule has 2 heterocycles. The van der Waals surface area contributed by atoms with Crippen LogP contribution in [-0.2, 0) is 17.5 Å². The van der Waals surface area contributed by atoms with Crippen LogP contribution in [-0.4, -0.2) is 38.5 Å². The summed E-state index contributed by atoms with van der Waals surface area (Å²) in [5.74, 6) is 0.980. The maximum Gasteiger partial charge on any atom is 0.417 e. The molecular weight excluding hydrogens is 479 g/mol. The smallest absolute Gasteiger partial charge is 0.417 e. The van der Waals surface area contributed by atoms with Crippen molar-refractivity contribution < 1.29 is 22.7 Å². The highest BCUT2D eigenvalue weighted by Crippen LogP contribution is 2.32. The molecule has 0 saturated carbocycles. The van der Waals surface area contributed by atoms with E-state index in [1.807, 2.05) is 28.8 Å². The number of ether oxygens (including phenoxy) is 1. The molecule has 0 spiro atoms. The first-order valence-corrected chi connectivity index (χ1v) is 11.2. The van der Waals surface area contributed by atoms with Gasteiger partial charge in [0.2, 0.25) is 5.91 Å². The summed E-state index contributed by atoms with van der Waals surface area (Å²) in [5, 5.41) is 11.2. The van der Waals surface area contributed by atoms with Gasteiger partial charge in [0, 0.05) is 18.3 Å². The van der Waals surface area contributed by atoms with Crippen LogP contribution in [0.1, 0.15) is 19.4 Å². The van der Waals surface area contributed by atoms with Crippen molar-refractivity contribution in [3.05, 3.63) is 47.1 Å². The number of hydrogen-bond acceptors (Lipinski definition) is 6. The van der Waals surface area contributed by atoms with Crippen LogP contribution in [0, 0.1) is 5.92 Å². The van der Waals surface area contributed by atoms with Crippen molar-refractivity contribution >= 4 is 35.1 Å². The SMILES string of the molecule is COc1ccc(-c2nnc(SCC(=O)Nc3ncc(C(F)(F)F)cc3Cl)n2CC(C)C)cc1. The molecule has 0 bridgehead atoms. The van der Waals surface area contributed by atoms with E-state index in [4.69, 9.17) is 16.3 Å². The maximum atomic E-state index is 12.8. The number of aromatic nitrogens is 4. The Labute approximate surface area is 197 Å². The number of anilines is 1. The first kappa shape index (κ1) is 24.8. The molecular formula is C21H21ClF3N5O2S. The standard InChI is InChI=1S/C21H21ClF3N5O2S/c1-12(2)10-30-19(13-4-6-15(32-3)7-5-13)28-29-20(30)33-11-17(31)27-18-16(22)8-14(9-26-18)21(23,24)25/h4-9,12H,10-11H2,1-3H3,(H,26,27,31). The number of methoxy groups -OCH3 is 1. The fourth-order valence-electron chi connectivity index (χ4n) is 2.86. The van der Waals surface area contributed by atoms with Crippen molar-refractivity contribution in [3.8, 4) is 17.1 Å². The van der Waals surface area contributed by atoms with Crippen molar-refractivity contribution in [3.63, 3.8) is 0 Å². The third-order valence-corrected chi connectivity index (χ3v) is 5.63. The minimum absolute atomic E-state index is 0.0577. The summed E-state index contributed by atoms with van der Waals surface area (Å²) in [6.07, 6.45) is -3.95. The van der Waals surface area contributed by atoms with Crippen molar-refractivity contribution in [1.29, 1.82) is 0 Å². The predicted molar refractivity (Wildman–Crippen MR) is 120 cm³/mol. The number of pyridine rings is 1. The molecule has 0 saturated heterocycles. The minimum atomic E-state index is -4.57. The number of nitrogens with zero attached hydrogens (tertiary/aromatic N) is 4. The highest BCUT2D eigenvalue weighted by atomic mass is 35.5. The van der Waals surface area contributed by atoms with Crippen LogP contribution in [0.3, 0.4) is 0 Å². The summed E-state index contributed by atoms with van der Waals surface area (Å²) in [7, 11) is 1.59. The van der Waals surface area contributed by atoms with Gasteiger partial charge in [-0.2, -0.15) is 13.2 Å². The molecule has 0 unspecified atom stereocenters. The Morgan fingerprint density at radius 1 is 1.24 bits per heavy atom. The van der Waals surface area contributed by atoms with Crippen molar-refractivity contribution in [2.24, 2.45) is 5.92 Å². The van der Waals surface area contributed by atoms with Gasteiger partial charge < -0.3 is 14.6 Å². The molecule has 0 fully saturated rings. The maximum absolute atomic E-state index is 12.8. The van der Waals surface area contributed by atoms with E-state index in [0.717, 1.165) is 29.1 Å². The van der Waals surface area contributed by atoms with Crippen LogP contribution in [0.4, 0.5) is 19.0 Å². The van der Waals surface area contributed by atoms with Gasteiger partial charge in [-0.25, -0.2) is 4.98 Å². The highest BCUT2D eigenvalue weighted by molar-refractivity contribution is 7.99. The molecule has 0 aliphatic heterocycles. The third-order valence-electron chi connectivity index (χ3n) is 4.37. The predicted octanol–water partition coefficient (Wildman–Crippen LogP) is 5.41. The minimum Gasteiger partial charge on any atom is -0.497 e. The molecule has 0 radical (unpaired) electrons. The fraction of sp³-hybridized carbons (Fsp3) is 0.333. The van der Waals surface area contributed by atoms with E-state index in [1.165, 1.54) is 0 Å². The Balaban J connectivity index is 1.72. The molecule has 1 aromatic carbocycles. The van der Waals surface area contributed by atoms with Crippen LogP contribution in [0.5, 0.6) is 5.75 Å². The van der Waals surface area contributed by atoms with Gasteiger partial charge in [0.05, 0.1) is 23.4 Å². The summed E-state index contributed by atoms with van der Waals surface area (Å²) in [6.45, 7) is 4.74. The zero-order valence-electron chi connectivity index (χ0n) is 18.0. The largest absolute Gasteiger partial charge is 0.497 e. The van der Waals surface area contributed by atoms with Gasteiger partial charge in [0.1, 0.15) is 5.75 Å². The topological polar surface area (TPSA) is 81.9 Å². The average Bonchev–Trinajstić information content (AvgIpc) is 3.14. The zero-order chi connectivity index (χ0) is 24.2. The first-order valence-electron chi connectivity index (χ1n) is 9.81. The molecule has 2 aromatic heterocycles. The molecule has 33 heavy (non-hydrogen) atoms. The van der Waals surface area contributed by atoms with Crippen molar-refractivity contribution in [2.45, 2.75) is 31.7 Å². The molecule has 3 aromatic rings. The molecule has 1 N–H and O–H groups in total. The summed E-state index contributed by atoms with van der Waals surface area (Å²) < 4.78 is 45.4. The van der Waals surface area contributed by atoms with Gasteiger partial charge in [0.15, 0.2) is 16.8 Å². The van der Waals surface area contributed by atoms with Crippen molar-refractivity contribution in [2.75, 3.05) is 18.2 Å². The second-order valence-corrected chi connectivity index (χ2v) is 8.78. The molecule has 7 nitrogen and oxygen atoms in total. The normalized spacial score (nSPS) is 11.6. The van der Waals surface area contributed by atoms with E-state index in [2.05, 4.69) is 34.3 Å². The number of rotatable bonds is 8. The van der Waals surface area contributed by atoms with Gasteiger partial charge in [-0.3, -0.25) is 4.79 Å². The van der Waals surface area contributed by atoms with Crippen molar-refractivity contribution in [1.82, 2.24) is 19.7 Å². The van der Waals surface area contributed by atoms with E-state index in [1.54, 1.807) is 7.11 Å². The zero-order valence-corrected chi connectivity index (χ0v) is 19.6. The molecule has 0 aliphatic rings. The number of hydrogen-bond donors (Lipinski definition) is 1. The number of alkyl halides is 3. The molecule has 0 aliphatic carbocycles.